The van der Waals surface area contributed by atoms with E-state index in [2.05, 4.69) is 10.6 Å². The number of hydrogen-bond donors (Lipinski definition) is 2. The van der Waals surface area contributed by atoms with E-state index in [0.717, 1.165) is 6.42 Å². The third-order valence-corrected chi connectivity index (χ3v) is 2.20. The highest BCUT2D eigenvalue weighted by Gasteiger charge is 2.14. The van der Waals surface area contributed by atoms with Gasteiger partial charge in [-0.1, -0.05) is 6.92 Å². The Morgan fingerprint density at radius 3 is 2.75 bits per heavy atom. The summed E-state index contributed by atoms with van der Waals surface area (Å²) in [5.74, 6) is -0.637. The summed E-state index contributed by atoms with van der Waals surface area (Å²) in [5.41, 5.74) is 0. The molecule has 88 valence electrons. The van der Waals surface area contributed by atoms with Gasteiger partial charge in [0.25, 0.3) is 0 Å². The maximum absolute atomic E-state index is 11.3. The molecule has 5 heteroatoms. The zero-order valence-electron chi connectivity index (χ0n) is 9.45. The van der Waals surface area contributed by atoms with Gasteiger partial charge >= 0.3 is 11.8 Å². The van der Waals surface area contributed by atoms with Crippen LogP contribution in [0.4, 0.5) is 0 Å². The Labute approximate surface area is 94.2 Å². The van der Waals surface area contributed by atoms with E-state index in [1.807, 2.05) is 13.8 Å². The molecule has 0 bridgehead atoms. The van der Waals surface area contributed by atoms with Gasteiger partial charge in [0.1, 0.15) is 5.76 Å². The molecule has 0 radical (unpaired) electrons. The van der Waals surface area contributed by atoms with E-state index in [1.54, 1.807) is 12.1 Å². The van der Waals surface area contributed by atoms with Crippen molar-refractivity contribution in [3.63, 3.8) is 0 Å². The van der Waals surface area contributed by atoms with Gasteiger partial charge in [0.15, 0.2) is 0 Å². The van der Waals surface area contributed by atoms with Crippen LogP contribution in [0.15, 0.2) is 22.8 Å². The fraction of sp³-hybridized carbons (Fsp3) is 0.455. The van der Waals surface area contributed by atoms with Crippen LogP contribution in [0.25, 0.3) is 0 Å². The molecule has 16 heavy (non-hydrogen) atoms. The van der Waals surface area contributed by atoms with Crippen molar-refractivity contribution in [2.24, 2.45) is 0 Å². The van der Waals surface area contributed by atoms with Crippen LogP contribution in [0.1, 0.15) is 26.0 Å². The lowest BCUT2D eigenvalue weighted by Crippen LogP contribution is -2.43. The lowest BCUT2D eigenvalue weighted by Gasteiger charge is -2.10. The summed E-state index contributed by atoms with van der Waals surface area (Å²) in [6.45, 7) is 4.00. The second-order valence-electron chi connectivity index (χ2n) is 3.54. The SMILES string of the molecule is CC[C@@H](C)NC(=O)C(=O)NCc1ccco1. The van der Waals surface area contributed by atoms with Crippen molar-refractivity contribution in [3.8, 4) is 0 Å². The first-order valence-electron chi connectivity index (χ1n) is 5.24. The Kier molecular flexibility index (Phi) is 4.57. The molecule has 1 aromatic heterocycles. The Morgan fingerprint density at radius 1 is 1.44 bits per heavy atom. The minimum atomic E-state index is -0.642. The van der Waals surface area contributed by atoms with Crippen molar-refractivity contribution in [3.05, 3.63) is 24.2 Å². The van der Waals surface area contributed by atoms with Gasteiger partial charge in [0.2, 0.25) is 0 Å². The van der Waals surface area contributed by atoms with E-state index in [1.165, 1.54) is 6.26 Å². The topological polar surface area (TPSA) is 71.3 Å². The quantitative estimate of drug-likeness (QED) is 0.743. The van der Waals surface area contributed by atoms with Gasteiger partial charge in [-0.15, -0.1) is 0 Å². The molecule has 0 aromatic carbocycles. The minimum Gasteiger partial charge on any atom is -0.467 e. The van der Waals surface area contributed by atoms with Crippen molar-refractivity contribution in [2.45, 2.75) is 32.9 Å². The van der Waals surface area contributed by atoms with E-state index in [9.17, 15) is 9.59 Å². The largest absolute Gasteiger partial charge is 0.467 e. The molecule has 1 heterocycles. The van der Waals surface area contributed by atoms with Crippen molar-refractivity contribution >= 4 is 11.8 Å². The van der Waals surface area contributed by atoms with Crippen molar-refractivity contribution < 1.29 is 14.0 Å². The first-order chi connectivity index (χ1) is 7.63. The van der Waals surface area contributed by atoms with Gasteiger partial charge in [-0.25, -0.2) is 0 Å². The number of carbonyl (C=O) groups excluding carboxylic acids is 2. The molecule has 0 aliphatic carbocycles. The predicted octanol–water partition coefficient (Wildman–Crippen LogP) is 0.810. The molecule has 5 nitrogen and oxygen atoms in total. The Bertz CT molecular complexity index is 346. The Balaban J connectivity index is 2.32. The summed E-state index contributed by atoms with van der Waals surface area (Å²) >= 11 is 0. The maximum atomic E-state index is 11.3. The van der Waals surface area contributed by atoms with Crippen LogP contribution in [-0.4, -0.2) is 17.9 Å². The third-order valence-electron chi connectivity index (χ3n) is 2.20. The Hall–Kier alpha value is -1.78. The van der Waals surface area contributed by atoms with Crippen molar-refractivity contribution in [1.82, 2.24) is 10.6 Å². The summed E-state index contributed by atoms with van der Waals surface area (Å²) in [6, 6.07) is 3.45. The van der Waals surface area contributed by atoms with Crippen LogP contribution in [0.2, 0.25) is 0 Å². The van der Waals surface area contributed by atoms with Crippen LogP contribution in [0, 0.1) is 0 Å². The van der Waals surface area contributed by atoms with Gasteiger partial charge < -0.3 is 15.1 Å². The van der Waals surface area contributed by atoms with Gasteiger partial charge in [0, 0.05) is 6.04 Å². The average molecular weight is 224 g/mol. The number of nitrogens with one attached hydrogen (secondary N) is 2. The molecule has 1 atom stereocenters. The molecule has 2 amide bonds. The molecule has 0 unspecified atom stereocenters. The fourth-order valence-corrected chi connectivity index (χ4v) is 1.05. The van der Waals surface area contributed by atoms with Crippen LogP contribution < -0.4 is 10.6 Å². The predicted molar refractivity (Wildman–Crippen MR) is 58.5 cm³/mol. The van der Waals surface area contributed by atoms with E-state index >= 15 is 0 Å². The van der Waals surface area contributed by atoms with Crippen molar-refractivity contribution in [1.29, 1.82) is 0 Å². The molecule has 0 aliphatic heterocycles. The zero-order valence-corrected chi connectivity index (χ0v) is 9.45. The summed E-state index contributed by atoms with van der Waals surface area (Å²) in [4.78, 5) is 22.6. The molecule has 0 spiro atoms. The molecule has 0 fully saturated rings. The number of furan rings is 1. The first-order valence-corrected chi connectivity index (χ1v) is 5.24. The molecule has 0 saturated heterocycles. The standard InChI is InChI=1S/C11H16N2O3/c1-3-8(2)13-11(15)10(14)12-7-9-5-4-6-16-9/h4-6,8H,3,7H2,1-2H3,(H,12,14)(H,13,15)/t8-/m1/s1. The summed E-state index contributed by atoms with van der Waals surface area (Å²) in [5, 5.41) is 5.05. The normalized spacial score (nSPS) is 11.9. The van der Waals surface area contributed by atoms with E-state index < -0.39 is 11.8 Å². The van der Waals surface area contributed by atoms with E-state index in [-0.39, 0.29) is 12.6 Å². The first kappa shape index (κ1) is 12.3. The highest BCUT2D eigenvalue weighted by Crippen LogP contribution is 1.98. The van der Waals surface area contributed by atoms with Crippen LogP contribution >= 0.6 is 0 Å². The molecule has 1 aromatic rings. The zero-order chi connectivity index (χ0) is 12.0. The molecular formula is C11H16N2O3. The van der Waals surface area contributed by atoms with Crippen LogP contribution in [0.5, 0.6) is 0 Å². The minimum absolute atomic E-state index is 0.00172. The second-order valence-corrected chi connectivity index (χ2v) is 3.54. The van der Waals surface area contributed by atoms with Crippen LogP contribution in [-0.2, 0) is 16.1 Å². The summed E-state index contributed by atoms with van der Waals surface area (Å²) < 4.78 is 5.02. The molecule has 0 aliphatic rings. The number of amides is 2. The molecular weight excluding hydrogens is 208 g/mol. The van der Waals surface area contributed by atoms with E-state index in [0.29, 0.717) is 5.76 Å². The monoisotopic (exact) mass is 224 g/mol. The molecule has 2 N–H and O–H groups in total. The van der Waals surface area contributed by atoms with Crippen LogP contribution in [0.3, 0.4) is 0 Å². The van der Waals surface area contributed by atoms with Crippen molar-refractivity contribution in [2.75, 3.05) is 0 Å². The number of carbonyl (C=O) groups is 2. The second kappa shape index (κ2) is 5.95. The average Bonchev–Trinajstić information content (AvgIpc) is 2.78. The lowest BCUT2D eigenvalue weighted by atomic mass is 10.2. The fourth-order valence-electron chi connectivity index (χ4n) is 1.05. The van der Waals surface area contributed by atoms with E-state index in [4.69, 9.17) is 4.42 Å². The molecule has 0 saturated carbocycles. The summed E-state index contributed by atoms with van der Waals surface area (Å²) in [7, 11) is 0. The Morgan fingerprint density at radius 2 is 2.19 bits per heavy atom. The molecule has 1 rings (SSSR count). The lowest BCUT2D eigenvalue weighted by molar-refractivity contribution is -0.139. The number of hydrogen-bond acceptors (Lipinski definition) is 3. The maximum Gasteiger partial charge on any atom is 0.309 e. The third kappa shape index (κ3) is 3.76. The van der Waals surface area contributed by atoms with Gasteiger partial charge in [-0.05, 0) is 25.5 Å². The van der Waals surface area contributed by atoms with Gasteiger partial charge in [-0.2, -0.15) is 0 Å². The van der Waals surface area contributed by atoms with Gasteiger partial charge in [0.05, 0.1) is 12.8 Å². The number of rotatable bonds is 4. The van der Waals surface area contributed by atoms with Gasteiger partial charge in [-0.3, -0.25) is 9.59 Å². The highest BCUT2D eigenvalue weighted by molar-refractivity contribution is 6.35. The summed E-state index contributed by atoms with van der Waals surface area (Å²) in [6.07, 6.45) is 2.30. The highest BCUT2D eigenvalue weighted by atomic mass is 16.3. The smallest absolute Gasteiger partial charge is 0.309 e.